The molecule has 0 saturated carbocycles. The van der Waals surface area contributed by atoms with Gasteiger partial charge in [-0.15, -0.1) is 11.3 Å². The van der Waals surface area contributed by atoms with Gasteiger partial charge in [-0.1, -0.05) is 13.0 Å². The van der Waals surface area contributed by atoms with Crippen LogP contribution in [0.4, 0.5) is 5.13 Å². The van der Waals surface area contributed by atoms with Gasteiger partial charge >= 0.3 is 0 Å². The third-order valence-electron chi connectivity index (χ3n) is 4.41. The van der Waals surface area contributed by atoms with Crippen molar-refractivity contribution in [2.24, 2.45) is 0 Å². The summed E-state index contributed by atoms with van der Waals surface area (Å²) >= 11 is 10.2. The molecule has 0 radical (unpaired) electrons. The van der Waals surface area contributed by atoms with Gasteiger partial charge in [-0.3, -0.25) is 10.1 Å². The molecular formula is C22H22BrN3O3S2. The lowest BCUT2D eigenvalue weighted by atomic mass is 10.2. The number of rotatable bonds is 7. The van der Waals surface area contributed by atoms with Crippen LogP contribution in [0.15, 0.2) is 52.3 Å². The smallest absolute Gasteiger partial charge is 0.257 e. The average molecular weight is 520 g/mol. The Labute approximate surface area is 199 Å². The molecule has 0 aliphatic rings. The van der Waals surface area contributed by atoms with Gasteiger partial charge in [0.05, 0.1) is 23.4 Å². The highest BCUT2D eigenvalue weighted by Gasteiger charge is 2.12. The number of carbonyl (C=O) groups excluding carboxylic acids is 1. The van der Waals surface area contributed by atoms with Crippen LogP contribution in [0.1, 0.15) is 30.6 Å². The minimum atomic E-state index is -0.317. The van der Waals surface area contributed by atoms with Gasteiger partial charge in [0.25, 0.3) is 5.91 Å². The predicted octanol–water partition coefficient (Wildman–Crippen LogP) is 5.89. The molecule has 1 heterocycles. The summed E-state index contributed by atoms with van der Waals surface area (Å²) < 4.78 is 11.9. The lowest BCUT2D eigenvalue weighted by molar-refractivity contribution is 0.0977. The SMILES string of the molecule is CC[C@@H](C)Oc1cccc(C(=O)NC(=S)Nc2nc(-c3ccc(OC)c(Br)c3)cs2)c1. The zero-order chi connectivity index (χ0) is 22.4. The molecule has 0 unspecified atom stereocenters. The van der Waals surface area contributed by atoms with Gasteiger partial charge in [0, 0.05) is 16.5 Å². The molecule has 162 valence electrons. The predicted molar refractivity (Wildman–Crippen MR) is 132 cm³/mol. The molecule has 3 rings (SSSR count). The van der Waals surface area contributed by atoms with Crippen LogP contribution in [-0.2, 0) is 0 Å². The molecule has 1 aromatic heterocycles. The summed E-state index contributed by atoms with van der Waals surface area (Å²) in [5.74, 6) is 1.08. The summed E-state index contributed by atoms with van der Waals surface area (Å²) in [5.41, 5.74) is 2.19. The van der Waals surface area contributed by atoms with Crippen molar-refractivity contribution in [2.75, 3.05) is 12.4 Å². The number of aromatic nitrogens is 1. The second-order valence-electron chi connectivity index (χ2n) is 6.66. The van der Waals surface area contributed by atoms with E-state index in [0.717, 1.165) is 27.9 Å². The van der Waals surface area contributed by atoms with Crippen molar-refractivity contribution in [2.45, 2.75) is 26.4 Å². The van der Waals surface area contributed by atoms with Gasteiger partial charge in [0.2, 0.25) is 0 Å². The molecule has 0 spiro atoms. The first-order valence-corrected chi connectivity index (χ1v) is 11.7. The Balaban J connectivity index is 1.62. The Bertz CT molecular complexity index is 1090. The normalized spacial score (nSPS) is 11.5. The van der Waals surface area contributed by atoms with E-state index in [4.69, 9.17) is 21.7 Å². The number of carbonyl (C=O) groups is 1. The van der Waals surface area contributed by atoms with Crippen LogP contribution in [0.25, 0.3) is 11.3 Å². The highest BCUT2D eigenvalue weighted by atomic mass is 79.9. The fourth-order valence-corrected chi connectivity index (χ4v) is 4.14. The Morgan fingerprint density at radius 2 is 2.10 bits per heavy atom. The number of thiocarbonyl (C=S) groups is 1. The Morgan fingerprint density at radius 3 is 2.81 bits per heavy atom. The van der Waals surface area contributed by atoms with Gasteiger partial charge < -0.3 is 14.8 Å². The number of nitrogens with one attached hydrogen (secondary N) is 2. The molecule has 1 atom stereocenters. The lowest BCUT2D eigenvalue weighted by Crippen LogP contribution is -2.34. The summed E-state index contributed by atoms with van der Waals surface area (Å²) in [4.78, 5) is 17.1. The molecule has 9 heteroatoms. The van der Waals surface area contributed by atoms with Crippen LogP contribution >= 0.6 is 39.5 Å². The number of ether oxygens (including phenoxy) is 2. The monoisotopic (exact) mass is 519 g/mol. The number of benzene rings is 2. The quantitative estimate of drug-likeness (QED) is 0.379. The summed E-state index contributed by atoms with van der Waals surface area (Å²) in [6, 6.07) is 12.8. The van der Waals surface area contributed by atoms with Crippen molar-refractivity contribution >= 4 is 55.6 Å². The number of thiazole rings is 1. The van der Waals surface area contributed by atoms with Crippen LogP contribution in [-0.4, -0.2) is 29.2 Å². The van der Waals surface area contributed by atoms with Crippen molar-refractivity contribution in [3.63, 3.8) is 0 Å². The lowest BCUT2D eigenvalue weighted by Gasteiger charge is -2.13. The molecule has 1 amide bonds. The van der Waals surface area contributed by atoms with Crippen molar-refractivity contribution in [3.05, 3.63) is 57.9 Å². The Hall–Kier alpha value is -2.49. The first-order chi connectivity index (χ1) is 14.9. The van der Waals surface area contributed by atoms with Gasteiger partial charge in [-0.2, -0.15) is 0 Å². The van der Waals surface area contributed by atoms with E-state index in [0.29, 0.717) is 16.4 Å². The maximum absolute atomic E-state index is 12.5. The zero-order valence-corrected chi connectivity index (χ0v) is 20.5. The molecule has 2 aromatic carbocycles. The van der Waals surface area contributed by atoms with Crippen LogP contribution in [0.2, 0.25) is 0 Å². The first kappa shape index (κ1) is 23.2. The van der Waals surface area contributed by atoms with E-state index in [-0.39, 0.29) is 17.1 Å². The van der Waals surface area contributed by atoms with Crippen LogP contribution in [0, 0.1) is 0 Å². The topological polar surface area (TPSA) is 72.5 Å². The molecule has 0 bridgehead atoms. The van der Waals surface area contributed by atoms with E-state index in [1.165, 1.54) is 11.3 Å². The van der Waals surface area contributed by atoms with Crippen LogP contribution in [0.5, 0.6) is 11.5 Å². The van der Waals surface area contributed by atoms with Crippen LogP contribution < -0.4 is 20.1 Å². The summed E-state index contributed by atoms with van der Waals surface area (Å²) in [5, 5.41) is 8.32. The molecular weight excluding hydrogens is 498 g/mol. The number of amides is 1. The van der Waals surface area contributed by atoms with Gasteiger partial charge in [0.1, 0.15) is 11.5 Å². The number of halogens is 1. The standard InChI is InChI=1S/C22H22BrN3O3S2/c1-4-13(2)29-16-7-5-6-15(10-16)20(27)25-21(30)26-22-24-18(12-31-22)14-8-9-19(28-3)17(23)11-14/h5-13H,4H2,1-3H3,(H2,24,25,26,27,30)/t13-/m1/s1. The number of methoxy groups -OCH3 is 1. The summed E-state index contributed by atoms with van der Waals surface area (Å²) in [7, 11) is 1.62. The van der Waals surface area contributed by atoms with E-state index < -0.39 is 0 Å². The minimum Gasteiger partial charge on any atom is -0.496 e. The molecule has 31 heavy (non-hydrogen) atoms. The van der Waals surface area contributed by atoms with Crippen molar-refractivity contribution in [1.82, 2.24) is 10.3 Å². The number of hydrogen-bond acceptors (Lipinski definition) is 6. The largest absolute Gasteiger partial charge is 0.496 e. The average Bonchev–Trinajstić information content (AvgIpc) is 3.22. The molecule has 0 fully saturated rings. The molecule has 6 nitrogen and oxygen atoms in total. The van der Waals surface area contributed by atoms with E-state index >= 15 is 0 Å². The summed E-state index contributed by atoms with van der Waals surface area (Å²) in [6.45, 7) is 4.03. The van der Waals surface area contributed by atoms with Crippen molar-refractivity contribution in [1.29, 1.82) is 0 Å². The fraction of sp³-hybridized carbons (Fsp3) is 0.227. The fourth-order valence-electron chi connectivity index (χ4n) is 2.62. The van der Waals surface area contributed by atoms with Crippen molar-refractivity contribution < 1.29 is 14.3 Å². The molecule has 0 aliphatic carbocycles. The van der Waals surface area contributed by atoms with E-state index in [1.54, 1.807) is 25.3 Å². The Kier molecular flexibility index (Phi) is 8.00. The Morgan fingerprint density at radius 1 is 1.29 bits per heavy atom. The molecule has 0 saturated heterocycles. The highest BCUT2D eigenvalue weighted by molar-refractivity contribution is 9.10. The second kappa shape index (κ2) is 10.7. The maximum Gasteiger partial charge on any atom is 0.257 e. The third-order valence-corrected chi connectivity index (χ3v) is 5.99. The maximum atomic E-state index is 12.5. The van der Waals surface area contributed by atoms with E-state index in [9.17, 15) is 4.79 Å². The molecule has 2 N–H and O–H groups in total. The molecule has 0 aliphatic heterocycles. The number of anilines is 1. The number of nitrogens with zero attached hydrogens (tertiary/aromatic N) is 1. The second-order valence-corrected chi connectivity index (χ2v) is 8.78. The minimum absolute atomic E-state index is 0.0754. The van der Waals surface area contributed by atoms with E-state index in [2.05, 4.69) is 31.5 Å². The van der Waals surface area contributed by atoms with Crippen LogP contribution in [0.3, 0.4) is 0 Å². The van der Waals surface area contributed by atoms with Gasteiger partial charge in [0.15, 0.2) is 10.2 Å². The highest BCUT2D eigenvalue weighted by Crippen LogP contribution is 2.32. The first-order valence-electron chi connectivity index (χ1n) is 9.58. The van der Waals surface area contributed by atoms with E-state index in [1.807, 2.05) is 43.5 Å². The van der Waals surface area contributed by atoms with Gasteiger partial charge in [-0.05, 0) is 77.9 Å². The number of hydrogen-bond donors (Lipinski definition) is 2. The molecule has 3 aromatic rings. The zero-order valence-electron chi connectivity index (χ0n) is 17.3. The van der Waals surface area contributed by atoms with Crippen molar-refractivity contribution in [3.8, 4) is 22.8 Å². The third kappa shape index (κ3) is 6.25. The van der Waals surface area contributed by atoms with Gasteiger partial charge in [-0.25, -0.2) is 4.98 Å². The summed E-state index contributed by atoms with van der Waals surface area (Å²) in [6.07, 6.45) is 0.958.